The summed E-state index contributed by atoms with van der Waals surface area (Å²) < 4.78 is 2.11. The van der Waals surface area contributed by atoms with Crippen LogP contribution in [0, 0.1) is 0 Å². The van der Waals surface area contributed by atoms with Crippen LogP contribution in [0.5, 0.6) is 0 Å². The predicted octanol–water partition coefficient (Wildman–Crippen LogP) is 1.84. The van der Waals surface area contributed by atoms with Crippen LogP contribution in [-0.2, 0) is 9.59 Å². The molecule has 1 unspecified atom stereocenters. The fraction of sp³-hybridized carbons (Fsp3) is 0.308. The summed E-state index contributed by atoms with van der Waals surface area (Å²) in [6, 6.07) is 3.23. The van der Waals surface area contributed by atoms with E-state index in [9.17, 15) is 14.4 Å². The van der Waals surface area contributed by atoms with Gasteiger partial charge in [-0.25, -0.2) is 0 Å². The highest BCUT2D eigenvalue weighted by molar-refractivity contribution is 7.27. The fourth-order valence-electron chi connectivity index (χ4n) is 2.30. The number of piperazine rings is 1. The molecule has 3 amide bonds. The summed E-state index contributed by atoms with van der Waals surface area (Å²) in [5.41, 5.74) is 0. The molecule has 3 rings (SSSR count). The van der Waals surface area contributed by atoms with Crippen LogP contribution in [0.25, 0.3) is 9.40 Å². The van der Waals surface area contributed by atoms with Crippen molar-refractivity contribution in [1.82, 2.24) is 10.2 Å². The summed E-state index contributed by atoms with van der Waals surface area (Å²) >= 11 is 2.97. The van der Waals surface area contributed by atoms with E-state index in [-0.39, 0.29) is 12.5 Å². The Hall–Kier alpha value is -1.73. The number of thiophene rings is 2. The van der Waals surface area contributed by atoms with Crippen LogP contribution >= 0.6 is 22.7 Å². The molecule has 104 valence electrons. The van der Waals surface area contributed by atoms with Gasteiger partial charge in [-0.15, -0.1) is 22.7 Å². The Morgan fingerprint density at radius 1 is 1.45 bits per heavy atom. The molecule has 20 heavy (non-hydrogen) atoms. The van der Waals surface area contributed by atoms with Crippen molar-refractivity contribution in [2.24, 2.45) is 0 Å². The molecule has 0 aromatic carbocycles. The Morgan fingerprint density at radius 3 is 2.95 bits per heavy atom. The lowest BCUT2D eigenvalue weighted by Gasteiger charge is -2.33. The van der Waals surface area contributed by atoms with Crippen LogP contribution in [0.15, 0.2) is 17.5 Å². The van der Waals surface area contributed by atoms with Crippen LogP contribution in [-0.4, -0.2) is 35.2 Å². The first-order valence-electron chi connectivity index (χ1n) is 6.22. The Morgan fingerprint density at radius 2 is 2.25 bits per heavy atom. The van der Waals surface area contributed by atoms with E-state index in [1.165, 1.54) is 16.2 Å². The number of amides is 3. The third kappa shape index (κ3) is 2.12. The number of imide groups is 1. The molecule has 2 aromatic heterocycles. The number of nitrogens with zero attached hydrogens (tertiary/aromatic N) is 1. The second-order valence-electron chi connectivity index (χ2n) is 4.53. The molecule has 1 saturated heterocycles. The molecule has 2 aromatic rings. The van der Waals surface area contributed by atoms with Gasteiger partial charge in [-0.3, -0.25) is 19.7 Å². The lowest BCUT2D eigenvalue weighted by Crippen LogP contribution is -2.59. The van der Waals surface area contributed by atoms with Crippen molar-refractivity contribution >= 4 is 49.8 Å². The highest BCUT2D eigenvalue weighted by atomic mass is 32.1. The topological polar surface area (TPSA) is 66.5 Å². The van der Waals surface area contributed by atoms with Gasteiger partial charge in [0.2, 0.25) is 11.8 Å². The predicted molar refractivity (Wildman–Crippen MR) is 78.0 cm³/mol. The zero-order valence-corrected chi connectivity index (χ0v) is 12.3. The zero-order valence-electron chi connectivity index (χ0n) is 10.7. The molecule has 0 spiro atoms. The first-order valence-corrected chi connectivity index (χ1v) is 7.91. The quantitative estimate of drug-likeness (QED) is 0.861. The van der Waals surface area contributed by atoms with Crippen molar-refractivity contribution in [2.45, 2.75) is 19.4 Å². The van der Waals surface area contributed by atoms with E-state index < -0.39 is 17.9 Å². The number of hydrogen-bond donors (Lipinski definition) is 1. The minimum Gasteiger partial charge on any atom is -0.317 e. The Balaban J connectivity index is 1.93. The average Bonchev–Trinajstić information content (AvgIpc) is 2.97. The van der Waals surface area contributed by atoms with Crippen molar-refractivity contribution in [3.05, 3.63) is 22.4 Å². The molecular formula is C13H12N2O3S2. The highest BCUT2D eigenvalue weighted by Crippen LogP contribution is 2.31. The number of carbonyl (C=O) groups excluding carboxylic acids is 3. The van der Waals surface area contributed by atoms with Gasteiger partial charge < -0.3 is 4.90 Å². The number of hydrogen-bond acceptors (Lipinski definition) is 5. The maximum atomic E-state index is 12.5. The summed E-state index contributed by atoms with van der Waals surface area (Å²) in [6.45, 7) is 1.77. The van der Waals surface area contributed by atoms with E-state index in [4.69, 9.17) is 0 Å². The minimum atomic E-state index is -0.569. The molecule has 1 atom stereocenters. The average molecular weight is 308 g/mol. The van der Waals surface area contributed by atoms with E-state index in [0.717, 1.165) is 9.40 Å². The van der Waals surface area contributed by atoms with E-state index in [1.54, 1.807) is 11.3 Å². The third-order valence-corrected chi connectivity index (χ3v) is 5.33. The van der Waals surface area contributed by atoms with Gasteiger partial charge in [0.1, 0.15) is 12.6 Å². The SMILES string of the molecule is CCC1C(=O)NC(=O)CN1C(=O)c1cc2sccc2s1. The van der Waals surface area contributed by atoms with Crippen molar-refractivity contribution < 1.29 is 14.4 Å². The van der Waals surface area contributed by atoms with Gasteiger partial charge in [0.25, 0.3) is 5.91 Å². The Bertz CT molecular complexity index is 675. The molecule has 1 fully saturated rings. The van der Waals surface area contributed by atoms with E-state index >= 15 is 0 Å². The monoisotopic (exact) mass is 308 g/mol. The molecule has 0 radical (unpaired) electrons. The van der Waals surface area contributed by atoms with Gasteiger partial charge in [0.15, 0.2) is 0 Å². The van der Waals surface area contributed by atoms with Gasteiger partial charge >= 0.3 is 0 Å². The first-order chi connectivity index (χ1) is 9.60. The van der Waals surface area contributed by atoms with E-state index in [2.05, 4.69) is 5.32 Å². The van der Waals surface area contributed by atoms with Crippen molar-refractivity contribution in [3.8, 4) is 0 Å². The number of nitrogens with one attached hydrogen (secondary N) is 1. The zero-order chi connectivity index (χ0) is 14.3. The molecule has 1 aliphatic rings. The summed E-state index contributed by atoms with van der Waals surface area (Å²) in [7, 11) is 0. The highest BCUT2D eigenvalue weighted by Gasteiger charge is 2.36. The van der Waals surface area contributed by atoms with Gasteiger partial charge in [-0.2, -0.15) is 0 Å². The summed E-state index contributed by atoms with van der Waals surface area (Å²) in [5, 5.41) is 4.25. The van der Waals surface area contributed by atoms with Crippen LogP contribution in [0.4, 0.5) is 0 Å². The normalized spacial score (nSPS) is 19.4. The molecule has 0 bridgehead atoms. The lowest BCUT2D eigenvalue weighted by atomic mass is 10.1. The summed E-state index contributed by atoms with van der Waals surface area (Å²) in [4.78, 5) is 37.8. The lowest BCUT2D eigenvalue weighted by molar-refractivity contribution is -0.138. The molecule has 0 saturated carbocycles. The number of carbonyl (C=O) groups is 3. The smallest absolute Gasteiger partial charge is 0.265 e. The second-order valence-corrected chi connectivity index (χ2v) is 6.56. The Kier molecular flexibility index (Phi) is 3.31. The maximum Gasteiger partial charge on any atom is 0.265 e. The van der Waals surface area contributed by atoms with Crippen LogP contribution in [0.3, 0.4) is 0 Å². The van der Waals surface area contributed by atoms with Gasteiger partial charge in [0, 0.05) is 9.40 Å². The van der Waals surface area contributed by atoms with Gasteiger partial charge in [-0.1, -0.05) is 6.92 Å². The third-order valence-electron chi connectivity index (χ3n) is 3.25. The van der Waals surface area contributed by atoms with Gasteiger partial charge in [-0.05, 0) is 23.9 Å². The molecular weight excluding hydrogens is 296 g/mol. The number of rotatable bonds is 2. The van der Waals surface area contributed by atoms with Crippen LogP contribution in [0.2, 0.25) is 0 Å². The second kappa shape index (κ2) is 4.99. The molecule has 5 nitrogen and oxygen atoms in total. The number of fused-ring (bicyclic) bond motifs is 1. The molecule has 1 N–H and O–H groups in total. The molecule has 3 heterocycles. The van der Waals surface area contributed by atoms with Gasteiger partial charge in [0.05, 0.1) is 4.88 Å². The molecule has 7 heteroatoms. The summed E-state index contributed by atoms with van der Waals surface area (Å²) in [6.07, 6.45) is 0.491. The summed E-state index contributed by atoms with van der Waals surface area (Å²) in [5.74, 6) is -1.06. The Labute approximate surface area is 123 Å². The largest absolute Gasteiger partial charge is 0.317 e. The van der Waals surface area contributed by atoms with E-state index in [1.807, 2.05) is 24.4 Å². The van der Waals surface area contributed by atoms with Crippen molar-refractivity contribution in [1.29, 1.82) is 0 Å². The first kappa shape index (κ1) is 13.3. The molecule has 1 aliphatic heterocycles. The molecule has 0 aliphatic carbocycles. The van der Waals surface area contributed by atoms with Crippen molar-refractivity contribution in [2.75, 3.05) is 6.54 Å². The standard InChI is InChI=1S/C13H12N2O3S2/c1-2-7-12(17)14-11(16)6-15(7)13(18)10-5-9-8(20-10)3-4-19-9/h3-5,7H,2,6H2,1H3,(H,14,16,17). The van der Waals surface area contributed by atoms with E-state index in [0.29, 0.717) is 11.3 Å². The van der Waals surface area contributed by atoms with Crippen molar-refractivity contribution in [3.63, 3.8) is 0 Å². The fourth-order valence-corrected chi connectivity index (χ4v) is 4.36. The van der Waals surface area contributed by atoms with Crippen LogP contribution in [0.1, 0.15) is 23.0 Å². The minimum absolute atomic E-state index is 0.0609. The van der Waals surface area contributed by atoms with Crippen LogP contribution < -0.4 is 5.32 Å². The maximum absolute atomic E-state index is 12.5.